The fourth-order valence-electron chi connectivity index (χ4n) is 2.46. The third-order valence-corrected chi connectivity index (χ3v) is 4.92. The molecule has 26 heavy (non-hydrogen) atoms. The second kappa shape index (κ2) is 6.56. The molecule has 3 aromatic rings. The molecule has 0 saturated heterocycles. The van der Waals surface area contributed by atoms with Crippen molar-refractivity contribution >= 4 is 32.6 Å². The summed E-state index contributed by atoms with van der Waals surface area (Å²) in [5.74, 6) is -9.84. The van der Waals surface area contributed by atoms with Gasteiger partial charge in [0.1, 0.15) is 5.56 Å². The van der Waals surface area contributed by atoms with Crippen LogP contribution in [0.1, 0.15) is 21.5 Å². The van der Waals surface area contributed by atoms with Crippen LogP contribution in [0.25, 0.3) is 10.2 Å². The molecule has 0 aliphatic carbocycles. The van der Waals surface area contributed by atoms with Gasteiger partial charge in [0, 0.05) is 0 Å². The average molecular weight is 384 g/mol. The lowest BCUT2D eigenvalue weighted by molar-refractivity contribution is 0.101. The van der Waals surface area contributed by atoms with Crippen LogP contribution in [0, 0.1) is 37.1 Å². The van der Waals surface area contributed by atoms with Gasteiger partial charge in [0.05, 0.1) is 17.3 Å². The Kier molecular flexibility index (Phi) is 4.57. The van der Waals surface area contributed by atoms with Crippen molar-refractivity contribution in [1.82, 2.24) is 4.98 Å². The molecule has 1 heterocycles. The van der Waals surface area contributed by atoms with E-state index in [9.17, 15) is 22.4 Å². The predicted octanol–water partition coefficient (Wildman–Crippen LogP) is 4.73. The number of aryl methyl sites for hydroxylation is 2. The maximum atomic E-state index is 14.0. The maximum Gasteiger partial charge on any atom is 0.263 e. The van der Waals surface area contributed by atoms with Gasteiger partial charge in [-0.15, -0.1) is 0 Å². The minimum Gasteiger partial charge on any atom is -0.491 e. The fraction of sp³-hybridized carbons (Fsp3) is 0.176. The molecule has 2 aromatic carbocycles. The first-order chi connectivity index (χ1) is 12.3. The Balaban J connectivity index is 2.04. The van der Waals surface area contributed by atoms with E-state index in [2.05, 4.69) is 15.0 Å². The van der Waals surface area contributed by atoms with Crippen molar-refractivity contribution in [2.75, 3.05) is 12.4 Å². The second-order valence-corrected chi connectivity index (χ2v) is 6.51. The van der Waals surface area contributed by atoms with Crippen LogP contribution in [0.2, 0.25) is 0 Å². The molecule has 0 atom stereocenters. The standard InChI is InChI=1S/C17H12F4N2O2S/c1-6-4-5-7(2)15-13(6)22-17(26-15)23-16(24)8-9(18)11(20)14(25-3)12(21)10(8)19/h4-5H,1-3H3,(H,22,23,24). The van der Waals surface area contributed by atoms with Crippen LogP contribution in [0.15, 0.2) is 12.1 Å². The molecule has 0 aliphatic heterocycles. The molecule has 0 unspecified atom stereocenters. The lowest BCUT2D eigenvalue weighted by Gasteiger charge is -2.10. The SMILES string of the molecule is COc1c(F)c(F)c(C(=O)Nc2nc3c(C)ccc(C)c3s2)c(F)c1F. The smallest absolute Gasteiger partial charge is 0.263 e. The summed E-state index contributed by atoms with van der Waals surface area (Å²) in [7, 11) is 0.853. The highest BCUT2D eigenvalue weighted by molar-refractivity contribution is 7.22. The van der Waals surface area contributed by atoms with Gasteiger partial charge in [0.2, 0.25) is 11.6 Å². The number of amides is 1. The zero-order valence-corrected chi connectivity index (χ0v) is 14.7. The van der Waals surface area contributed by atoms with E-state index in [-0.39, 0.29) is 5.13 Å². The Morgan fingerprint density at radius 3 is 2.15 bits per heavy atom. The zero-order chi connectivity index (χ0) is 19.2. The number of halogens is 4. The number of anilines is 1. The number of rotatable bonds is 3. The van der Waals surface area contributed by atoms with Gasteiger partial charge in [-0.2, -0.15) is 8.78 Å². The molecule has 4 nitrogen and oxygen atoms in total. The van der Waals surface area contributed by atoms with Crippen molar-refractivity contribution < 1.29 is 27.1 Å². The number of ether oxygens (including phenoxy) is 1. The summed E-state index contributed by atoms with van der Waals surface area (Å²) in [6.45, 7) is 3.67. The number of hydrogen-bond donors (Lipinski definition) is 1. The highest BCUT2D eigenvalue weighted by Crippen LogP contribution is 2.33. The topological polar surface area (TPSA) is 51.2 Å². The number of benzene rings is 2. The Labute approximate surface area is 149 Å². The van der Waals surface area contributed by atoms with Gasteiger partial charge in [-0.05, 0) is 25.0 Å². The zero-order valence-electron chi connectivity index (χ0n) is 13.8. The first kappa shape index (κ1) is 18.1. The van der Waals surface area contributed by atoms with E-state index in [1.165, 1.54) is 0 Å². The van der Waals surface area contributed by atoms with E-state index in [0.717, 1.165) is 34.3 Å². The summed E-state index contributed by atoms with van der Waals surface area (Å²) in [5, 5.41) is 2.24. The molecule has 0 fully saturated rings. The fourth-order valence-corrected chi connectivity index (χ4v) is 3.47. The van der Waals surface area contributed by atoms with Crippen LogP contribution in [-0.2, 0) is 0 Å². The number of methoxy groups -OCH3 is 1. The molecular formula is C17H12F4N2O2S. The number of carbonyl (C=O) groups is 1. The molecule has 9 heteroatoms. The molecule has 0 spiro atoms. The van der Waals surface area contributed by atoms with Crippen molar-refractivity contribution in [3.05, 3.63) is 52.1 Å². The lowest BCUT2D eigenvalue weighted by Crippen LogP contribution is -2.18. The molecule has 0 bridgehead atoms. The predicted molar refractivity (Wildman–Crippen MR) is 89.9 cm³/mol. The number of nitrogens with zero attached hydrogens (tertiary/aromatic N) is 1. The van der Waals surface area contributed by atoms with E-state index >= 15 is 0 Å². The van der Waals surface area contributed by atoms with Crippen molar-refractivity contribution in [2.45, 2.75) is 13.8 Å². The van der Waals surface area contributed by atoms with Gasteiger partial charge >= 0.3 is 0 Å². The van der Waals surface area contributed by atoms with E-state index in [1.54, 1.807) is 0 Å². The van der Waals surface area contributed by atoms with Crippen LogP contribution < -0.4 is 10.1 Å². The summed E-state index contributed by atoms with van der Waals surface area (Å²) >= 11 is 1.09. The van der Waals surface area contributed by atoms with E-state index in [0.29, 0.717) is 5.52 Å². The molecule has 1 N–H and O–H groups in total. The lowest BCUT2D eigenvalue weighted by atomic mass is 10.1. The van der Waals surface area contributed by atoms with Gasteiger partial charge in [-0.1, -0.05) is 23.5 Å². The average Bonchev–Trinajstić information content (AvgIpc) is 3.02. The van der Waals surface area contributed by atoms with Crippen LogP contribution in [0.5, 0.6) is 5.75 Å². The van der Waals surface area contributed by atoms with Crippen LogP contribution in [-0.4, -0.2) is 18.0 Å². The molecule has 0 saturated carbocycles. The molecule has 0 aliphatic rings. The van der Waals surface area contributed by atoms with Crippen molar-refractivity contribution in [2.24, 2.45) is 0 Å². The van der Waals surface area contributed by atoms with Crippen molar-refractivity contribution in [3.63, 3.8) is 0 Å². The number of carbonyl (C=O) groups excluding carboxylic acids is 1. The normalized spacial score (nSPS) is 11.0. The highest BCUT2D eigenvalue weighted by atomic mass is 32.1. The van der Waals surface area contributed by atoms with E-state index in [4.69, 9.17) is 0 Å². The largest absolute Gasteiger partial charge is 0.491 e. The number of nitrogens with one attached hydrogen (secondary N) is 1. The van der Waals surface area contributed by atoms with Gasteiger partial charge < -0.3 is 4.74 Å². The number of hydrogen-bond acceptors (Lipinski definition) is 4. The minimum atomic E-state index is -1.84. The summed E-state index contributed by atoms with van der Waals surface area (Å²) in [6.07, 6.45) is 0. The van der Waals surface area contributed by atoms with E-state index in [1.807, 2.05) is 26.0 Å². The number of thiazole rings is 1. The highest BCUT2D eigenvalue weighted by Gasteiger charge is 2.30. The first-order valence-corrected chi connectivity index (χ1v) is 8.16. The quantitative estimate of drug-likeness (QED) is 0.525. The Hall–Kier alpha value is -2.68. The molecule has 0 radical (unpaired) electrons. The maximum absolute atomic E-state index is 14.0. The first-order valence-electron chi connectivity index (χ1n) is 7.34. The van der Waals surface area contributed by atoms with Crippen molar-refractivity contribution in [1.29, 1.82) is 0 Å². The van der Waals surface area contributed by atoms with Crippen molar-refractivity contribution in [3.8, 4) is 5.75 Å². The molecule has 1 aromatic heterocycles. The third kappa shape index (κ3) is 2.78. The molecular weight excluding hydrogens is 372 g/mol. The summed E-state index contributed by atoms with van der Waals surface area (Å²) < 4.78 is 60.7. The summed E-state index contributed by atoms with van der Waals surface area (Å²) in [4.78, 5) is 16.4. The third-order valence-electron chi connectivity index (χ3n) is 3.82. The van der Waals surface area contributed by atoms with E-state index < -0.39 is 40.5 Å². The monoisotopic (exact) mass is 384 g/mol. The molecule has 3 rings (SSSR count). The Bertz CT molecular complexity index is 981. The van der Waals surface area contributed by atoms with Gasteiger partial charge in [0.25, 0.3) is 5.91 Å². The number of fused-ring (bicyclic) bond motifs is 1. The Morgan fingerprint density at radius 2 is 1.62 bits per heavy atom. The summed E-state index contributed by atoms with van der Waals surface area (Å²) in [6, 6.07) is 3.71. The Morgan fingerprint density at radius 1 is 1.04 bits per heavy atom. The molecule has 136 valence electrons. The van der Waals surface area contributed by atoms with Crippen LogP contribution >= 0.6 is 11.3 Å². The number of aromatic nitrogens is 1. The van der Waals surface area contributed by atoms with Crippen LogP contribution in [0.4, 0.5) is 22.7 Å². The van der Waals surface area contributed by atoms with Gasteiger partial charge in [-0.3, -0.25) is 10.1 Å². The molecule has 1 amide bonds. The second-order valence-electron chi connectivity index (χ2n) is 5.51. The minimum absolute atomic E-state index is 0.0536. The van der Waals surface area contributed by atoms with Gasteiger partial charge in [-0.25, -0.2) is 13.8 Å². The van der Waals surface area contributed by atoms with Gasteiger partial charge in [0.15, 0.2) is 22.5 Å². The van der Waals surface area contributed by atoms with Crippen LogP contribution in [0.3, 0.4) is 0 Å². The summed E-state index contributed by atoms with van der Waals surface area (Å²) in [5.41, 5.74) is 0.996.